The Kier molecular flexibility index (Phi) is 7.46. The molecule has 1 aromatic heterocycles. The lowest BCUT2D eigenvalue weighted by molar-refractivity contribution is 0.400. The Bertz CT molecular complexity index is 442. The van der Waals surface area contributed by atoms with Crippen molar-refractivity contribution in [2.75, 3.05) is 32.2 Å². The number of hydrogen-bond acceptors (Lipinski definition) is 5. The van der Waals surface area contributed by atoms with Crippen LogP contribution in [0.3, 0.4) is 0 Å². The first-order chi connectivity index (χ1) is 10.7. The van der Waals surface area contributed by atoms with Crippen LogP contribution in [-0.4, -0.2) is 47.8 Å². The first kappa shape index (κ1) is 17.5. The number of nitrogens with zero attached hydrogens (tertiary/aromatic N) is 3. The third kappa shape index (κ3) is 5.76. The highest BCUT2D eigenvalue weighted by molar-refractivity contribution is 7.98. The van der Waals surface area contributed by atoms with Gasteiger partial charge in [-0.25, -0.2) is 9.97 Å². The van der Waals surface area contributed by atoms with Gasteiger partial charge in [0.15, 0.2) is 5.16 Å². The SMILES string of the molecule is CSc1ncc(CCCN(C)C)c(NC2CCCCCC2)n1. The van der Waals surface area contributed by atoms with Gasteiger partial charge in [0.05, 0.1) is 0 Å². The van der Waals surface area contributed by atoms with Crippen LogP contribution in [0.15, 0.2) is 11.4 Å². The van der Waals surface area contributed by atoms with Crippen molar-refractivity contribution in [3.63, 3.8) is 0 Å². The van der Waals surface area contributed by atoms with Gasteiger partial charge < -0.3 is 10.2 Å². The monoisotopic (exact) mass is 322 g/mol. The maximum atomic E-state index is 4.74. The summed E-state index contributed by atoms with van der Waals surface area (Å²) in [5.41, 5.74) is 1.27. The van der Waals surface area contributed by atoms with Gasteiger partial charge in [-0.3, -0.25) is 0 Å². The largest absolute Gasteiger partial charge is 0.367 e. The van der Waals surface area contributed by atoms with Crippen molar-refractivity contribution in [1.82, 2.24) is 14.9 Å². The molecule has 1 heterocycles. The number of rotatable bonds is 7. The molecule has 5 heteroatoms. The summed E-state index contributed by atoms with van der Waals surface area (Å²) in [6.07, 6.45) is 14.2. The van der Waals surface area contributed by atoms with Gasteiger partial charge in [-0.1, -0.05) is 37.4 Å². The van der Waals surface area contributed by atoms with Crippen LogP contribution in [0.1, 0.15) is 50.5 Å². The smallest absolute Gasteiger partial charge is 0.189 e. The van der Waals surface area contributed by atoms with E-state index < -0.39 is 0 Å². The second kappa shape index (κ2) is 9.36. The fraction of sp³-hybridized carbons (Fsp3) is 0.765. The lowest BCUT2D eigenvalue weighted by atomic mass is 10.1. The Balaban J connectivity index is 2.04. The summed E-state index contributed by atoms with van der Waals surface area (Å²) >= 11 is 1.62. The molecule has 1 fully saturated rings. The van der Waals surface area contributed by atoms with Gasteiger partial charge in [-0.15, -0.1) is 0 Å². The summed E-state index contributed by atoms with van der Waals surface area (Å²) in [5.74, 6) is 1.07. The standard InChI is InChI=1S/C17H30N4S/c1-21(2)12-8-9-14-13-18-17(22-3)20-16(14)19-15-10-6-4-5-7-11-15/h13,15H,4-12H2,1-3H3,(H,18,19,20). The summed E-state index contributed by atoms with van der Waals surface area (Å²) in [6.45, 7) is 1.10. The molecule has 124 valence electrons. The zero-order chi connectivity index (χ0) is 15.8. The molecule has 2 rings (SSSR count). The molecule has 0 radical (unpaired) electrons. The van der Waals surface area contributed by atoms with Crippen LogP contribution >= 0.6 is 11.8 Å². The molecule has 0 saturated heterocycles. The van der Waals surface area contributed by atoms with Crippen LogP contribution in [-0.2, 0) is 6.42 Å². The van der Waals surface area contributed by atoms with Crippen LogP contribution in [0.25, 0.3) is 0 Å². The highest BCUT2D eigenvalue weighted by Crippen LogP contribution is 2.24. The molecule has 1 aliphatic rings. The molecule has 22 heavy (non-hydrogen) atoms. The Labute approximate surface area is 139 Å². The van der Waals surface area contributed by atoms with Crippen LogP contribution in [0.4, 0.5) is 5.82 Å². The van der Waals surface area contributed by atoms with Gasteiger partial charge in [0, 0.05) is 17.8 Å². The lowest BCUT2D eigenvalue weighted by Gasteiger charge is -2.20. The zero-order valence-electron chi connectivity index (χ0n) is 14.3. The van der Waals surface area contributed by atoms with Crippen molar-refractivity contribution in [2.24, 2.45) is 0 Å². The predicted octanol–water partition coefficient (Wildman–Crippen LogP) is 3.83. The van der Waals surface area contributed by atoms with Gasteiger partial charge in [-0.2, -0.15) is 0 Å². The van der Waals surface area contributed by atoms with E-state index in [2.05, 4.69) is 29.3 Å². The van der Waals surface area contributed by atoms with Crippen LogP contribution in [0.5, 0.6) is 0 Å². The van der Waals surface area contributed by atoms with E-state index in [-0.39, 0.29) is 0 Å². The second-order valence-electron chi connectivity index (χ2n) is 6.47. The highest BCUT2D eigenvalue weighted by Gasteiger charge is 2.15. The van der Waals surface area contributed by atoms with Gasteiger partial charge in [0.2, 0.25) is 0 Å². The molecule has 0 atom stereocenters. The maximum Gasteiger partial charge on any atom is 0.189 e. The molecule has 0 aromatic carbocycles. The Morgan fingerprint density at radius 1 is 1.23 bits per heavy atom. The Hall–Kier alpha value is -0.810. The van der Waals surface area contributed by atoms with E-state index in [0.29, 0.717) is 6.04 Å². The van der Waals surface area contributed by atoms with E-state index in [1.54, 1.807) is 11.8 Å². The number of hydrogen-bond donors (Lipinski definition) is 1. The third-order valence-corrected chi connectivity index (χ3v) is 4.83. The summed E-state index contributed by atoms with van der Waals surface area (Å²) < 4.78 is 0. The number of thioether (sulfide) groups is 1. The van der Waals surface area contributed by atoms with Crippen LogP contribution in [0, 0.1) is 0 Å². The van der Waals surface area contributed by atoms with Gasteiger partial charge >= 0.3 is 0 Å². The quantitative estimate of drug-likeness (QED) is 0.469. The molecular weight excluding hydrogens is 292 g/mol. The van der Waals surface area contributed by atoms with Gasteiger partial charge in [0.25, 0.3) is 0 Å². The topological polar surface area (TPSA) is 41.1 Å². The maximum absolute atomic E-state index is 4.74. The molecular formula is C17H30N4S. The number of anilines is 1. The minimum Gasteiger partial charge on any atom is -0.367 e. The molecule has 1 aromatic rings. The molecule has 0 unspecified atom stereocenters. The molecule has 0 aliphatic heterocycles. The van der Waals surface area contributed by atoms with E-state index in [4.69, 9.17) is 4.98 Å². The van der Waals surface area contributed by atoms with E-state index in [1.807, 2.05) is 12.5 Å². The Morgan fingerprint density at radius 2 is 1.95 bits per heavy atom. The minimum atomic E-state index is 0.583. The van der Waals surface area contributed by atoms with Gasteiger partial charge in [-0.05, 0) is 52.6 Å². The van der Waals surface area contributed by atoms with Crippen LogP contribution < -0.4 is 5.32 Å². The first-order valence-corrected chi connectivity index (χ1v) is 9.72. The van der Waals surface area contributed by atoms with Crippen molar-refractivity contribution < 1.29 is 0 Å². The normalized spacial score (nSPS) is 16.7. The minimum absolute atomic E-state index is 0.583. The van der Waals surface area contributed by atoms with E-state index in [0.717, 1.165) is 30.4 Å². The molecule has 0 spiro atoms. The van der Waals surface area contributed by atoms with Crippen molar-refractivity contribution >= 4 is 17.6 Å². The Morgan fingerprint density at radius 3 is 2.59 bits per heavy atom. The summed E-state index contributed by atoms with van der Waals surface area (Å²) in [4.78, 5) is 11.4. The lowest BCUT2D eigenvalue weighted by Crippen LogP contribution is -2.21. The fourth-order valence-corrected chi connectivity index (χ4v) is 3.34. The third-order valence-electron chi connectivity index (χ3n) is 4.27. The average Bonchev–Trinajstić information content (AvgIpc) is 2.77. The fourth-order valence-electron chi connectivity index (χ4n) is 3.00. The summed E-state index contributed by atoms with van der Waals surface area (Å²) in [6, 6.07) is 0.583. The highest BCUT2D eigenvalue weighted by atomic mass is 32.2. The molecule has 0 bridgehead atoms. The van der Waals surface area contributed by atoms with E-state index in [9.17, 15) is 0 Å². The zero-order valence-corrected chi connectivity index (χ0v) is 15.1. The molecule has 0 amide bonds. The number of nitrogens with one attached hydrogen (secondary N) is 1. The number of aryl methyl sites for hydroxylation is 1. The van der Waals surface area contributed by atoms with Gasteiger partial charge in [0.1, 0.15) is 5.82 Å². The molecule has 4 nitrogen and oxygen atoms in total. The number of aromatic nitrogens is 2. The molecule has 1 aliphatic carbocycles. The second-order valence-corrected chi connectivity index (χ2v) is 7.24. The predicted molar refractivity (Wildman–Crippen MR) is 95.8 cm³/mol. The van der Waals surface area contributed by atoms with Crippen molar-refractivity contribution in [1.29, 1.82) is 0 Å². The van der Waals surface area contributed by atoms with E-state index in [1.165, 1.54) is 44.1 Å². The van der Waals surface area contributed by atoms with Crippen molar-refractivity contribution in [3.05, 3.63) is 11.8 Å². The molecule has 1 N–H and O–H groups in total. The van der Waals surface area contributed by atoms with E-state index >= 15 is 0 Å². The first-order valence-electron chi connectivity index (χ1n) is 8.50. The average molecular weight is 323 g/mol. The summed E-state index contributed by atoms with van der Waals surface area (Å²) in [5, 5.41) is 4.59. The molecule has 1 saturated carbocycles. The van der Waals surface area contributed by atoms with Crippen molar-refractivity contribution in [2.45, 2.75) is 62.6 Å². The van der Waals surface area contributed by atoms with Crippen molar-refractivity contribution in [3.8, 4) is 0 Å². The summed E-state index contributed by atoms with van der Waals surface area (Å²) in [7, 11) is 4.25. The van der Waals surface area contributed by atoms with Crippen LogP contribution in [0.2, 0.25) is 0 Å².